The van der Waals surface area contributed by atoms with Crippen LogP contribution in [0.4, 0.5) is 0 Å². The maximum absolute atomic E-state index is 5.80. The lowest BCUT2D eigenvalue weighted by Gasteiger charge is -2.18. The third-order valence-corrected chi connectivity index (χ3v) is 4.06. The Kier molecular flexibility index (Phi) is 7.63. The first kappa shape index (κ1) is 18.3. The molecule has 0 spiro atoms. The maximum atomic E-state index is 5.80. The van der Waals surface area contributed by atoms with Gasteiger partial charge in [0.15, 0.2) is 11.5 Å². The van der Waals surface area contributed by atoms with Crippen molar-refractivity contribution in [3.8, 4) is 11.5 Å². The number of rotatable bonds is 10. The van der Waals surface area contributed by atoms with Crippen LogP contribution in [0.25, 0.3) is 0 Å². The molecule has 0 N–H and O–H groups in total. The zero-order valence-corrected chi connectivity index (χ0v) is 15.1. The first-order valence-electron chi connectivity index (χ1n) is 8.75. The Morgan fingerprint density at radius 1 is 0.958 bits per heavy atom. The summed E-state index contributed by atoms with van der Waals surface area (Å²) in [6.45, 7) is 4.83. The van der Waals surface area contributed by atoms with Crippen LogP contribution in [0.3, 0.4) is 0 Å². The van der Waals surface area contributed by atoms with Crippen molar-refractivity contribution < 1.29 is 9.47 Å². The van der Waals surface area contributed by atoms with Gasteiger partial charge in [0.2, 0.25) is 0 Å². The van der Waals surface area contributed by atoms with Gasteiger partial charge in [0.25, 0.3) is 0 Å². The Morgan fingerprint density at radius 2 is 1.75 bits per heavy atom. The van der Waals surface area contributed by atoms with E-state index in [9.17, 15) is 0 Å². The predicted octanol–water partition coefficient (Wildman–Crippen LogP) is 4.55. The summed E-state index contributed by atoms with van der Waals surface area (Å²) in [5.41, 5.74) is 2.62. The third kappa shape index (κ3) is 5.89. The molecule has 0 heterocycles. The highest BCUT2D eigenvalue weighted by molar-refractivity contribution is 5.43. The minimum atomic E-state index is 0.739. The van der Waals surface area contributed by atoms with Gasteiger partial charge in [-0.3, -0.25) is 0 Å². The van der Waals surface area contributed by atoms with Crippen molar-refractivity contribution in [2.45, 2.75) is 32.7 Å². The quantitative estimate of drug-likeness (QED) is 0.598. The standard InChI is InChI=1S/C21H29NO2/c1-4-5-15-24-20-12-11-19(16-21(20)23-3)17-22(2)14-13-18-9-7-6-8-10-18/h6-12,16H,4-5,13-15,17H2,1-3H3. The van der Waals surface area contributed by atoms with Crippen LogP contribution >= 0.6 is 0 Å². The number of unbranched alkanes of at least 4 members (excludes halogenated alkanes) is 1. The molecule has 2 rings (SSSR count). The van der Waals surface area contributed by atoms with Crippen LogP contribution in [-0.2, 0) is 13.0 Å². The predicted molar refractivity (Wildman–Crippen MR) is 99.9 cm³/mol. The summed E-state index contributed by atoms with van der Waals surface area (Å²) >= 11 is 0. The average Bonchev–Trinajstić information content (AvgIpc) is 2.62. The van der Waals surface area contributed by atoms with E-state index in [0.29, 0.717) is 0 Å². The summed E-state index contributed by atoms with van der Waals surface area (Å²) in [6, 6.07) is 16.8. The van der Waals surface area contributed by atoms with Crippen LogP contribution in [0.1, 0.15) is 30.9 Å². The van der Waals surface area contributed by atoms with E-state index in [2.05, 4.69) is 61.3 Å². The lowest BCUT2D eigenvalue weighted by molar-refractivity contribution is 0.287. The van der Waals surface area contributed by atoms with Gasteiger partial charge in [-0.2, -0.15) is 0 Å². The molecule has 24 heavy (non-hydrogen) atoms. The average molecular weight is 327 g/mol. The summed E-state index contributed by atoms with van der Waals surface area (Å²) in [4.78, 5) is 2.33. The summed E-state index contributed by atoms with van der Waals surface area (Å²) < 4.78 is 11.3. The van der Waals surface area contributed by atoms with E-state index in [-0.39, 0.29) is 0 Å². The fourth-order valence-electron chi connectivity index (χ4n) is 2.61. The number of hydrogen-bond donors (Lipinski definition) is 0. The second kappa shape index (κ2) is 9.99. The molecule has 0 unspecified atom stereocenters. The molecule has 0 bridgehead atoms. The molecule has 0 aliphatic rings. The first-order chi connectivity index (χ1) is 11.7. The fourth-order valence-corrected chi connectivity index (χ4v) is 2.61. The molecule has 0 saturated heterocycles. The zero-order chi connectivity index (χ0) is 17.2. The van der Waals surface area contributed by atoms with Crippen molar-refractivity contribution >= 4 is 0 Å². The Balaban J connectivity index is 1.89. The molecule has 0 radical (unpaired) electrons. The van der Waals surface area contributed by atoms with E-state index >= 15 is 0 Å². The molecule has 130 valence electrons. The van der Waals surface area contributed by atoms with Gasteiger partial charge in [0.1, 0.15) is 0 Å². The smallest absolute Gasteiger partial charge is 0.161 e. The number of benzene rings is 2. The van der Waals surface area contributed by atoms with Crippen molar-refractivity contribution in [3.05, 3.63) is 59.7 Å². The molecule has 0 atom stereocenters. The molecule has 0 aromatic heterocycles. The second-order valence-electron chi connectivity index (χ2n) is 6.16. The third-order valence-electron chi connectivity index (χ3n) is 4.06. The minimum absolute atomic E-state index is 0.739. The molecule has 0 saturated carbocycles. The molecular weight excluding hydrogens is 298 g/mol. The van der Waals surface area contributed by atoms with Crippen LogP contribution in [-0.4, -0.2) is 32.2 Å². The van der Waals surface area contributed by atoms with Crippen molar-refractivity contribution in [1.29, 1.82) is 0 Å². The van der Waals surface area contributed by atoms with Crippen LogP contribution in [0, 0.1) is 0 Å². The van der Waals surface area contributed by atoms with Gasteiger partial charge < -0.3 is 14.4 Å². The van der Waals surface area contributed by atoms with Crippen molar-refractivity contribution in [2.75, 3.05) is 27.3 Å². The maximum Gasteiger partial charge on any atom is 0.161 e. The topological polar surface area (TPSA) is 21.7 Å². The molecule has 0 aliphatic carbocycles. The van der Waals surface area contributed by atoms with E-state index in [4.69, 9.17) is 9.47 Å². The number of likely N-dealkylation sites (N-methyl/N-ethyl adjacent to an activating group) is 1. The number of hydrogen-bond acceptors (Lipinski definition) is 3. The lowest BCUT2D eigenvalue weighted by atomic mass is 10.1. The number of nitrogens with zero attached hydrogens (tertiary/aromatic N) is 1. The summed E-state index contributed by atoms with van der Waals surface area (Å²) in [5.74, 6) is 1.65. The Bertz CT molecular complexity index is 598. The monoisotopic (exact) mass is 327 g/mol. The molecular formula is C21H29NO2. The molecule has 2 aromatic rings. The van der Waals surface area contributed by atoms with E-state index in [1.165, 1.54) is 11.1 Å². The fraction of sp³-hybridized carbons (Fsp3) is 0.429. The highest BCUT2D eigenvalue weighted by atomic mass is 16.5. The van der Waals surface area contributed by atoms with Gasteiger partial charge in [-0.15, -0.1) is 0 Å². The van der Waals surface area contributed by atoms with E-state index in [1.54, 1.807) is 7.11 Å². The minimum Gasteiger partial charge on any atom is -0.493 e. The van der Waals surface area contributed by atoms with Gasteiger partial charge in [-0.25, -0.2) is 0 Å². The zero-order valence-electron chi connectivity index (χ0n) is 15.1. The van der Waals surface area contributed by atoms with Gasteiger partial charge in [-0.05, 0) is 43.1 Å². The van der Waals surface area contributed by atoms with Gasteiger partial charge in [0.05, 0.1) is 13.7 Å². The highest BCUT2D eigenvalue weighted by Crippen LogP contribution is 2.28. The van der Waals surface area contributed by atoms with Crippen LogP contribution in [0.15, 0.2) is 48.5 Å². The van der Waals surface area contributed by atoms with Crippen LogP contribution in [0.5, 0.6) is 11.5 Å². The molecule has 0 aliphatic heterocycles. The van der Waals surface area contributed by atoms with Crippen molar-refractivity contribution in [1.82, 2.24) is 4.90 Å². The van der Waals surface area contributed by atoms with E-state index < -0.39 is 0 Å². The van der Waals surface area contributed by atoms with Gasteiger partial charge in [-0.1, -0.05) is 49.7 Å². The molecule has 3 nitrogen and oxygen atoms in total. The molecule has 0 fully saturated rings. The van der Waals surface area contributed by atoms with Crippen molar-refractivity contribution in [3.63, 3.8) is 0 Å². The number of ether oxygens (including phenoxy) is 2. The van der Waals surface area contributed by atoms with Gasteiger partial charge in [0, 0.05) is 13.1 Å². The Hall–Kier alpha value is -2.00. The second-order valence-corrected chi connectivity index (χ2v) is 6.16. The Labute approximate surface area is 146 Å². The van der Waals surface area contributed by atoms with E-state index in [1.807, 2.05) is 6.07 Å². The molecule has 3 heteroatoms. The summed E-state index contributed by atoms with van der Waals surface area (Å²) in [6.07, 6.45) is 3.26. The highest BCUT2D eigenvalue weighted by Gasteiger charge is 2.08. The lowest BCUT2D eigenvalue weighted by Crippen LogP contribution is -2.20. The summed E-state index contributed by atoms with van der Waals surface area (Å²) in [7, 11) is 3.85. The number of methoxy groups -OCH3 is 1. The van der Waals surface area contributed by atoms with Gasteiger partial charge >= 0.3 is 0 Å². The van der Waals surface area contributed by atoms with Crippen LogP contribution < -0.4 is 9.47 Å². The molecule has 0 amide bonds. The normalized spacial score (nSPS) is 10.8. The summed E-state index contributed by atoms with van der Waals surface area (Å²) in [5, 5.41) is 0. The van der Waals surface area contributed by atoms with E-state index in [0.717, 1.165) is 50.5 Å². The van der Waals surface area contributed by atoms with Crippen LogP contribution in [0.2, 0.25) is 0 Å². The largest absolute Gasteiger partial charge is 0.493 e. The van der Waals surface area contributed by atoms with Crippen molar-refractivity contribution in [2.24, 2.45) is 0 Å². The molecule has 2 aromatic carbocycles. The Morgan fingerprint density at radius 3 is 2.46 bits per heavy atom. The first-order valence-corrected chi connectivity index (χ1v) is 8.75. The SMILES string of the molecule is CCCCOc1ccc(CN(C)CCc2ccccc2)cc1OC.